The Morgan fingerprint density at radius 3 is 1.73 bits per heavy atom. The quantitative estimate of drug-likeness (QED) is 0.204. The van der Waals surface area contributed by atoms with E-state index in [1.807, 2.05) is 24.3 Å². The third-order valence-electron chi connectivity index (χ3n) is 13.9. The van der Waals surface area contributed by atoms with Crippen LogP contribution in [0.4, 0.5) is 0 Å². The second-order valence-electron chi connectivity index (χ2n) is 16.8. The average molecular weight is 726 g/mol. The number of benzene rings is 2. The minimum absolute atomic E-state index is 0. The number of rotatable bonds is 5. The molecule has 2 aromatic carbocycles. The number of carbonyl (C=O) groups excluding carboxylic acids is 3. The first kappa shape index (κ1) is 35.8. The molecule has 9 heteroatoms. The summed E-state index contributed by atoms with van der Waals surface area (Å²) in [5.41, 5.74) is 9.97. The number of fused-ring (bicyclic) bond motifs is 6. The van der Waals surface area contributed by atoms with E-state index in [9.17, 15) is 4.79 Å². The number of piperidine rings is 6. The zero-order chi connectivity index (χ0) is 34.7. The molecular formula is C43H52ClN3O5. The highest BCUT2D eigenvalue weighted by Gasteiger charge is 2.60. The molecule has 10 aliphatic rings. The lowest BCUT2D eigenvalue weighted by atomic mass is 9.69. The number of para-hydroxylation sites is 1. The third kappa shape index (κ3) is 6.71. The standard InChI is InChI=1S/C22H25NO2.C11H10O.C9H16N2.CO2.ClH/c24-19(13-18-14-5-9-23(10-6-14)22(18)7-8-22)16-3-4-20-17(11-16)12-21(25-20)15-1-2-15;1-2-4-10-9(3-1)7-11(12-10)8-5-6-8;10-8-7-1-5-11(6-2-7)9(8)3-4-9;2-1-3;/h3-4,11-12,14-15,18H,1-2,5-10,13H2;1-4,7-8H,5-6H2;7-8H,1-6,10H2;;1H/t18-;;8-;;/m1.1../s1. The van der Waals surface area contributed by atoms with Crippen LogP contribution in [0.25, 0.3) is 21.9 Å². The third-order valence-corrected chi connectivity index (χ3v) is 13.9. The maximum atomic E-state index is 13.1. The predicted octanol–water partition coefficient (Wildman–Crippen LogP) is 8.48. The van der Waals surface area contributed by atoms with Crippen LogP contribution in [0.3, 0.4) is 0 Å². The van der Waals surface area contributed by atoms with Crippen LogP contribution in [0.2, 0.25) is 0 Å². The molecule has 4 aliphatic carbocycles. The molecule has 0 radical (unpaired) electrons. The molecule has 4 bridgehead atoms. The van der Waals surface area contributed by atoms with Crippen molar-refractivity contribution in [2.24, 2.45) is 23.5 Å². The summed E-state index contributed by atoms with van der Waals surface area (Å²) in [6.45, 7) is 5.19. The molecule has 2 aromatic heterocycles. The van der Waals surface area contributed by atoms with Gasteiger partial charge >= 0.3 is 6.15 Å². The van der Waals surface area contributed by atoms with Crippen molar-refractivity contribution in [3.63, 3.8) is 0 Å². The van der Waals surface area contributed by atoms with Crippen molar-refractivity contribution in [3.8, 4) is 0 Å². The fourth-order valence-electron chi connectivity index (χ4n) is 10.4. The second kappa shape index (κ2) is 14.2. The van der Waals surface area contributed by atoms with Crippen LogP contribution in [-0.2, 0) is 9.59 Å². The number of ketones is 1. The molecule has 4 aromatic rings. The summed E-state index contributed by atoms with van der Waals surface area (Å²) in [6, 6.07) is 19.1. The Balaban J connectivity index is 0.000000119. The highest BCUT2D eigenvalue weighted by Crippen LogP contribution is 2.58. The van der Waals surface area contributed by atoms with E-state index in [1.54, 1.807) is 0 Å². The van der Waals surface area contributed by atoms with Gasteiger partial charge in [-0.1, -0.05) is 18.2 Å². The average Bonchev–Trinajstić information content (AvgIpc) is 3.96. The summed E-state index contributed by atoms with van der Waals surface area (Å²) in [4.78, 5) is 34.7. The van der Waals surface area contributed by atoms with E-state index in [4.69, 9.17) is 24.2 Å². The molecular weight excluding hydrogens is 674 g/mol. The monoisotopic (exact) mass is 725 g/mol. The molecule has 2 N–H and O–H groups in total. The first-order chi connectivity index (χ1) is 24.9. The summed E-state index contributed by atoms with van der Waals surface area (Å²) in [5, 5.41) is 2.34. The lowest BCUT2D eigenvalue weighted by Gasteiger charge is -2.52. The van der Waals surface area contributed by atoms with E-state index in [0.29, 0.717) is 34.7 Å². The summed E-state index contributed by atoms with van der Waals surface area (Å²) in [6.07, 6.45) is 16.8. The van der Waals surface area contributed by atoms with Crippen LogP contribution in [0.1, 0.15) is 117 Å². The van der Waals surface area contributed by atoms with Gasteiger partial charge in [0, 0.05) is 51.7 Å². The molecule has 276 valence electrons. The minimum atomic E-state index is 0. The zero-order valence-corrected chi connectivity index (χ0v) is 30.9. The molecule has 4 saturated carbocycles. The Morgan fingerprint density at radius 1 is 0.692 bits per heavy atom. The summed E-state index contributed by atoms with van der Waals surface area (Å²) < 4.78 is 11.6. The van der Waals surface area contributed by atoms with Gasteiger partial charge in [0.15, 0.2) is 5.78 Å². The SMILES string of the molecule is Cl.N[C@@H]1C2CCN(CC2)C12CC2.O=C(C[C@@H]1C2CCN(CC2)C12CC2)c1ccc2oc(C3CC3)cc2c1.O=C=O.c1ccc2oc(C3CC3)cc2c1. The van der Waals surface area contributed by atoms with Crippen LogP contribution < -0.4 is 5.73 Å². The number of hydrogen-bond donors (Lipinski definition) is 1. The number of halogens is 1. The lowest BCUT2D eigenvalue weighted by molar-refractivity contribution is -0.191. The summed E-state index contributed by atoms with van der Waals surface area (Å²) in [7, 11) is 0. The van der Waals surface area contributed by atoms with E-state index in [-0.39, 0.29) is 18.6 Å². The summed E-state index contributed by atoms with van der Waals surface area (Å²) >= 11 is 0. The maximum Gasteiger partial charge on any atom is 0.373 e. The van der Waals surface area contributed by atoms with Crippen molar-refractivity contribution in [1.29, 1.82) is 0 Å². The minimum Gasteiger partial charge on any atom is -0.461 e. The van der Waals surface area contributed by atoms with Gasteiger partial charge in [0.25, 0.3) is 0 Å². The second-order valence-corrected chi connectivity index (χ2v) is 16.8. The first-order valence-electron chi connectivity index (χ1n) is 19.7. The zero-order valence-electron chi connectivity index (χ0n) is 30.1. The number of carbonyl (C=O) groups is 1. The molecule has 0 amide bonds. The van der Waals surface area contributed by atoms with Crippen molar-refractivity contribution in [2.75, 3.05) is 26.2 Å². The van der Waals surface area contributed by atoms with Crippen molar-refractivity contribution in [2.45, 2.75) is 112 Å². The Kier molecular flexibility index (Phi) is 9.75. The van der Waals surface area contributed by atoms with Gasteiger partial charge in [-0.3, -0.25) is 14.6 Å². The molecule has 10 fully saturated rings. The largest absolute Gasteiger partial charge is 0.461 e. The topological polar surface area (TPSA) is 110 Å². The smallest absolute Gasteiger partial charge is 0.373 e. The van der Waals surface area contributed by atoms with Gasteiger partial charge in [-0.2, -0.15) is 9.59 Å². The summed E-state index contributed by atoms with van der Waals surface area (Å²) in [5.74, 6) is 6.18. The molecule has 8 heterocycles. The van der Waals surface area contributed by atoms with E-state index in [2.05, 4.69) is 40.1 Å². The fourth-order valence-corrected chi connectivity index (χ4v) is 10.4. The van der Waals surface area contributed by atoms with Gasteiger partial charge in [0.05, 0.1) is 0 Å². The fraction of sp³-hybridized carbons (Fsp3) is 0.581. The molecule has 6 aliphatic heterocycles. The Labute approximate surface area is 312 Å². The normalized spacial score (nSPS) is 30.6. The van der Waals surface area contributed by atoms with Crippen molar-refractivity contribution < 1.29 is 23.2 Å². The molecule has 14 rings (SSSR count). The van der Waals surface area contributed by atoms with Crippen LogP contribution in [-0.4, -0.2) is 65.0 Å². The van der Waals surface area contributed by atoms with Crippen molar-refractivity contribution in [3.05, 3.63) is 71.7 Å². The first-order valence-corrected chi connectivity index (χ1v) is 19.7. The van der Waals surface area contributed by atoms with Gasteiger partial charge in [-0.05, 0) is 157 Å². The molecule has 2 atom stereocenters. The predicted molar refractivity (Wildman–Crippen MR) is 202 cm³/mol. The Hall–Kier alpha value is -3.26. The Morgan fingerprint density at radius 2 is 1.21 bits per heavy atom. The van der Waals surface area contributed by atoms with E-state index in [1.165, 1.54) is 114 Å². The van der Waals surface area contributed by atoms with Gasteiger partial charge in [-0.15, -0.1) is 12.4 Å². The molecule has 52 heavy (non-hydrogen) atoms. The molecule has 6 saturated heterocycles. The van der Waals surface area contributed by atoms with Crippen LogP contribution in [0.5, 0.6) is 0 Å². The number of Topliss-reactive ketones (excluding diaryl/α,β-unsaturated/α-hetero) is 1. The van der Waals surface area contributed by atoms with Gasteiger partial charge < -0.3 is 14.6 Å². The van der Waals surface area contributed by atoms with Gasteiger partial charge in [0.1, 0.15) is 22.7 Å². The maximum absolute atomic E-state index is 13.1. The van der Waals surface area contributed by atoms with E-state index in [0.717, 1.165) is 52.1 Å². The van der Waals surface area contributed by atoms with Crippen LogP contribution in [0, 0.1) is 17.8 Å². The molecule has 0 unspecified atom stereocenters. The van der Waals surface area contributed by atoms with Crippen molar-refractivity contribution >= 4 is 46.3 Å². The molecule has 8 nitrogen and oxygen atoms in total. The number of hydrogen-bond acceptors (Lipinski definition) is 8. The number of nitrogens with zero attached hydrogens (tertiary/aromatic N) is 2. The van der Waals surface area contributed by atoms with E-state index >= 15 is 0 Å². The number of nitrogens with two attached hydrogens (primary N) is 1. The molecule has 2 spiro atoms. The highest BCUT2D eigenvalue weighted by molar-refractivity contribution is 5.99. The van der Waals surface area contributed by atoms with Gasteiger partial charge in [-0.25, -0.2) is 0 Å². The highest BCUT2D eigenvalue weighted by atomic mass is 35.5. The van der Waals surface area contributed by atoms with Gasteiger partial charge in [0.2, 0.25) is 0 Å². The lowest BCUT2D eigenvalue weighted by Crippen LogP contribution is -2.63. The van der Waals surface area contributed by atoms with Crippen molar-refractivity contribution in [1.82, 2.24) is 9.80 Å². The van der Waals surface area contributed by atoms with E-state index < -0.39 is 0 Å². The number of furan rings is 2. The Bertz CT molecular complexity index is 1890. The van der Waals surface area contributed by atoms with Crippen LogP contribution >= 0.6 is 12.4 Å². The van der Waals surface area contributed by atoms with Crippen LogP contribution in [0.15, 0.2) is 63.4 Å².